The highest BCUT2D eigenvalue weighted by molar-refractivity contribution is 4.83. The monoisotopic (exact) mass is 142 g/mol. The average Bonchev–Trinajstić information content (AvgIpc) is 2.01. The summed E-state index contributed by atoms with van der Waals surface area (Å²) in [5.74, 6) is 0. The standard InChI is InChI=1S/C9H18O/c1-4-7-9(5-2,6-3)8-10/h4,10H,1,5-8H2,2-3H3. The molecule has 1 nitrogen and oxygen atoms in total. The zero-order valence-electron chi connectivity index (χ0n) is 7.06. The first-order chi connectivity index (χ1) is 4.74. The molecule has 0 radical (unpaired) electrons. The Labute approximate surface area is 63.8 Å². The van der Waals surface area contributed by atoms with Gasteiger partial charge in [-0.1, -0.05) is 19.9 Å². The molecule has 0 saturated heterocycles. The van der Waals surface area contributed by atoms with Crippen LogP contribution in [0.15, 0.2) is 12.7 Å². The first kappa shape index (κ1) is 9.70. The summed E-state index contributed by atoms with van der Waals surface area (Å²) < 4.78 is 0. The van der Waals surface area contributed by atoms with Crippen LogP contribution in [0.1, 0.15) is 33.1 Å². The van der Waals surface area contributed by atoms with Gasteiger partial charge in [0.2, 0.25) is 0 Å². The van der Waals surface area contributed by atoms with E-state index in [1.807, 2.05) is 6.08 Å². The maximum atomic E-state index is 9.06. The van der Waals surface area contributed by atoms with E-state index in [1.165, 1.54) is 0 Å². The lowest BCUT2D eigenvalue weighted by Gasteiger charge is -2.27. The summed E-state index contributed by atoms with van der Waals surface area (Å²) in [5, 5.41) is 9.06. The Balaban J connectivity index is 4.00. The van der Waals surface area contributed by atoms with Crippen molar-refractivity contribution in [1.82, 2.24) is 0 Å². The Morgan fingerprint density at radius 1 is 1.40 bits per heavy atom. The molecule has 0 aliphatic rings. The third kappa shape index (κ3) is 2.14. The molecular formula is C9H18O. The van der Waals surface area contributed by atoms with E-state index < -0.39 is 0 Å². The number of hydrogen-bond donors (Lipinski definition) is 1. The molecule has 1 heteroatoms. The lowest BCUT2D eigenvalue weighted by molar-refractivity contribution is 0.118. The Hall–Kier alpha value is -0.300. The van der Waals surface area contributed by atoms with Crippen LogP contribution in [0.25, 0.3) is 0 Å². The largest absolute Gasteiger partial charge is 0.396 e. The van der Waals surface area contributed by atoms with Gasteiger partial charge in [-0.15, -0.1) is 6.58 Å². The van der Waals surface area contributed by atoms with Crippen molar-refractivity contribution in [2.24, 2.45) is 5.41 Å². The first-order valence-electron chi connectivity index (χ1n) is 3.96. The van der Waals surface area contributed by atoms with Crippen LogP contribution in [-0.2, 0) is 0 Å². The quantitative estimate of drug-likeness (QED) is 0.584. The number of aliphatic hydroxyl groups excluding tert-OH is 1. The number of allylic oxidation sites excluding steroid dienone is 1. The molecule has 0 aromatic heterocycles. The summed E-state index contributed by atoms with van der Waals surface area (Å²) in [6.07, 6.45) is 4.89. The number of aliphatic hydroxyl groups is 1. The summed E-state index contributed by atoms with van der Waals surface area (Å²) in [4.78, 5) is 0. The van der Waals surface area contributed by atoms with Gasteiger partial charge in [0.1, 0.15) is 0 Å². The lowest BCUT2D eigenvalue weighted by atomic mass is 9.80. The third-order valence-corrected chi connectivity index (χ3v) is 2.41. The molecule has 0 bridgehead atoms. The lowest BCUT2D eigenvalue weighted by Crippen LogP contribution is -2.22. The Kier molecular flexibility index (Phi) is 4.37. The van der Waals surface area contributed by atoms with Gasteiger partial charge in [-0.25, -0.2) is 0 Å². The van der Waals surface area contributed by atoms with Gasteiger partial charge in [-0.05, 0) is 24.7 Å². The van der Waals surface area contributed by atoms with Gasteiger partial charge in [-0.2, -0.15) is 0 Å². The molecule has 0 amide bonds. The van der Waals surface area contributed by atoms with Gasteiger partial charge in [0, 0.05) is 6.61 Å². The minimum Gasteiger partial charge on any atom is -0.396 e. The normalized spacial score (nSPS) is 11.5. The van der Waals surface area contributed by atoms with Crippen LogP contribution in [0.2, 0.25) is 0 Å². The van der Waals surface area contributed by atoms with Crippen molar-refractivity contribution in [2.75, 3.05) is 6.61 Å². The van der Waals surface area contributed by atoms with E-state index in [2.05, 4.69) is 20.4 Å². The van der Waals surface area contributed by atoms with E-state index in [-0.39, 0.29) is 12.0 Å². The molecule has 10 heavy (non-hydrogen) atoms. The molecule has 0 aromatic carbocycles. The van der Waals surface area contributed by atoms with Crippen LogP contribution in [0.5, 0.6) is 0 Å². The second-order valence-corrected chi connectivity index (χ2v) is 2.86. The van der Waals surface area contributed by atoms with Gasteiger partial charge in [0.25, 0.3) is 0 Å². The van der Waals surface area contributed by atoms with Crippen molar-refractivity contribution < 1.29 is 5.11 Å². The molecule has 0 fully saturated rings. The number of rotatable bonds is 5. The molecule has 0 rings (SSSR count). The highest BCUT2D eigenvalue weighted by atomic mass is 16.3. The zero-order valence-corrected chi connectivity index (χ0v) is 7.06. The molecule has 0 aliphatic heterocycles. The zero-order chi connectivity index (χ0) is 8.04. The van der Waals surface area contributed by atoms with E-state index in [1.54, 1.807) is 0 Å². The molecule has 0 atom stereocenters. The van der Waals surface area contributed by atoms with Gasteiger partial charge >= 0.3 is 0 Å². The molecule has 0 saturated carbocycles. The Bertz CT molecular complexity index is 84.6. The van der Waals surface area contributed by atoms with E-state index in [4.69, 9.17) is 5.11 Å². The van der Waals surface area contributed by atoms with Crippen molar-refractivity contribution in [2.45, 2.75) is 33.1 Å². The highest BCUT2D eigenvalue weighted by Crippen LogP contribution is 2.29. The predicted molar refractivity (Wildman–Crippen MR) is 44.9 cm³/mol. The average molecular weight is 142 g/mol. The number of hydrogen-bond acceptors (Lipinski definition) is 1. The van der Waals surface area contributed by atoms with Gasteiger partial charge in [0.15, 0.2) is 0 Å². The smallest absolute Gasteiger partial charge is 0.0490 e. The fourth-order valence-corrected chi connectivity index (χ4v) is 1.13. The molecule has 0 aromatic rings. The molecule has 0 spiro atoms. The fraction of sp³-hybridized carbons (Fsp3) is 0.778. The van der Waals surface area contributed by atoms with Crippen LogP contribution in [-0.4, -0.2) is 11.7 Å². The van der Waals surface area contributed by atoms with E-state index in [9.17, 15) is 0 Å². The van der Waals surface area contributed by atoms with Crippen LogP contribution >= 0.6 is 0 Å². The van der Waals surface area contributed by atoms with E-state index in [0.717, 1.165) is 19.3 Å². The highest BCUT2D eigenvalue weighted by Gasteiger charge is 2.22. The van der Waals surface area contributed by atoms with Crippen molar-refractivity contribution in [3.05, 3.63) is 12.7 Å². The molecule has 60 valence electrons. The van der Waals surface area contributed by atoms with Crippen LogP contribution in [0, 0.1) is 5.41 Å². The van der Waals surface area contributed by atoms with Crippen LogP contribution < -0.4 is 0 Å². The molecule has 0 aliphatic carbocycles. The first-order valence-corrected chi connectivity index (χ1v) is 3.96. The molecule has 0 heterocycles. The van der Waals surface area contributed by atoms with E-state index in [0.29, 0.717) is 0 Å². The maximum absolute atomic E-state index is 9.06. The Morgan fingerprint density at radius 3 is 2.00 bits per heavy atom. The minimum absolute atomic E-state index is 0.113. The summed E-state index contributed by atoms with van der Waals surface area (Å²) in [6, 6.07) is 0. The summed E-state index contributed by atoms with van der Waals surface area (Å²) in [5.41, 5.74) is 0.113. The predicted octanol–water partition coefficient (Wildman–Crippen LogP) is 2.36. The van der Waals surface area contributed by atoms with Crippen molar-refractivity contribution in [1.29, 1.82) is 0 Å². The third-order valence-electron chi connectivity index (χ3n) is 2.41. The van der Waals surface area contributed by atoms with Gasteiger partial charge < -0.3 is 5.11 Å². The van der Waals surface area contributed by atoms with Crippen LogP contribution in [0.3, 0.4) is 0 Å². The van der Waals surface area contributed by atoms with Gasteiger partial charge in [0.05, 0.1) is 0 Å². The summed E-state index contributed by atoms with van der Waals surface area (Å²) >= 11 is 0. The van der Waals surface area contributed by atoms with Crippen molar-refractivity contribution >= 4 is 0 Å². The molecular weight excluding hydrogens is 124 g/mol. The maximum Gasteiger partial charge on any atom is 0.0490 e. The summed E-state index contributed by atoms with van der Waals surface area (Å²) in [7, 11) is 0. The second kappa shape index (κ2) is 4.51. The molecule has 1 N–H and O–H groups in total. The van der Waals surface area contributed by atoms with E-state index >= 15 is 0 Å². The topological polar surface area (TPSA) is 20.2 Å². The molecule has 0 unspecified atom stereocenters. The van der Waals surface area contributed by atoms with Gasteiger partial charge in [-0.3, -0.25) is 0 Å². The SMILES string of the molecule is C=CCC(CC)(CC)CO. The van der Waals surface area contributed by atoms with Crippen LogP contribution in [0.4, 0.5) is 0 Å². The van der Waals surface area contributed by atoms with Crippen molar-refractivity contribution in [3.63, 3.8) is 0 Å². The fourth-order valence-electron chi connectivity index (χ4n) is 1.13. The summed E-state index contributed by atoms with van der Waals surface area (Å²) in [6.45, 7) is 8.19. The Morgan fingerprint density at radius 2 is 1.90 bits per heavy atom. The van der Waals surface area contributed by atoms with Crippen molar-refractivity contribution in [3.8, 4) is 0 Å². The second-order valence-electron chi connectivity index (χ2n) is 2.86. The minimum atomic E-state index is 0.113.